The van der Waals surface area contributed by atoms with Crippen molar-refractivity contribution < 1.29 is 4.74 Å². The van der Waals surface area contributed by atoms with E-state index in [-0.39, 0.29) is 0 Å². The lowest BCUT2D eigenvalue weighted by atomic mass is 9.72. The molecule has 0 aromatic heterocycles. The van der Waals surface area contributed by atoms with Gasteiger partial charge in [-0.05, 0) is 31.1 Å². The van der Waals surface area contributed by atoms with Gasteiger partial charge in [0.25, 0.3) is 0 Å². The quantitative estimate of drug-likeness (QED) is 0.738. The van der Waals surface area contributed by atoms with Crippen molar-refractivity contribution in [1.82, 2.24) is 4.90 Å². The average Bonchev–Trinajstić information content (AvgIpc) is 2.50. The standard InChI is InChI=1S/C13H26N2O/c1-13(2)5-4-11(14)12(10-13)15-6-3-8-16-9-7-15/h11-12H,3-10,14H2,1-2H3. The molecule has 1 saturated heterocycles. The highest BCUT2D eigenvalue weighted by molar-refractivity contribution is 4.93. The molecule has 2 fully saturated rings. The van der Waals surface area contributed by atoms with E-state index in [0.717, 1.165) is 32.7 Å². The number of rotatable bonds is 1. The van der Waals surface area contributed by atoms with Crippen LogP contribution >= 0.6 is 0 Å². The van der Waals surface area contributed by atoms with Crippen molar-refractivity contribution in [2.45, 2.75) is 51.6 Å². The predicted molar refractivity (Wildman–Crippen MR) is 66.4 cm³/mol. The van der Waals surface area contributed by atoms with E-state index in [0.29, 0.717) is 17.5 Å². The van der Waals surface area contributed by atoms with Crippen LogP contribution in [0.3, 0.4) is 0 Å². The third-order valence-corrected chi connectivity index (χ3v) is 4.14. The smallest absolute Gasteiger partial charge is 0.0593 e. The summed E-state index contributed by atoms with van der Waals surface area (Å²) < 4.78 is 5.52. The highest BCUT2D eigenvalue weighted by atomic mass is 16.5. The summed E-state index contributed by atoms with van der Waals surface area (Å²) in [6.07, 6.45) is 4.85. The van der Waals surface area contributed by atoms with Crippen molar-refractivity contribution in [3.8, 4) is 0 Å². The summed E-state index contributed by atoms with van der Waals surface area (Å²) in [6.45, 7) is 8.77. The van der Waals surface area contributed by atoms with Crippen LogP contribution in [0.2, 0.25) is 0 Å². The zero-order chi connectivity index (χ0) is 11.6. The molecule has 3 heteroatoms. The molecular formula is C13H26N2O. The molecule has 2 N–H and O–H groups in total. The summed E-state index contributed by atoms with van der Waals surface area (Å²) >= 11 is 0. The van der Waals surface area contributed by atoms with Crippen molar-refractivity contribution in [3.63, 3.8) is 0 Å². The van der Waals surface area contributed by atoms with Gasteiger partial charge in [0.15, 0.2) is 0 Å². The molecule has 0 aromatic carbocycles. The fourth-order valence-electron chi connectivity index (χ4n) is 3.07. The minimum atomic E-state index is 0.367. The minimum absolute atomic E-state index is 0.367. The summed E-state index contributed by atoms with van der Waals surface area (Å²) in [6, 6.07) is 0.941. The SMILES string of the molecule is CC1(C)CCC(N)C(N2CCCOCC2)C1. The van der Waals surface area contributed by atoms with Gasteiger partial charge in [-0.1, -0.05) is 13.8 Å². The number of hydrogen-bond acceptors (Lipinski definition) is 3. The highest BCUT2D eigenvalue weighted by Gasteiger charge is 2.36. The Labute approximate surface area is 99.3 Å². The molecule has 16 heavy (non-hydrogen) atoms. The van der Waals surface area contributed by atoms with Crippen LogP contribution in [0.25, 0.3) is 0 Å². The minimum Gasteiger partial charge on any atom is -0.380 e. The van der Waals surface area contributed by atoms with Gasteiger partial charge in [0, 0.05) is 31.8 Å². The van der Waals surface area contributed by atoms with Crippen molar-refractivity contribution >= 4 is 0 Å². The van der Waals surface area contributed by atoms with Gasteiger partial charge in [-0.15, -0.1) is 0 Å². The Morgan fingerprint density at radius 3 is 2.88 bits per heavy atom. The van der Waals surface area contributed by atoms with Gasteiger partial charge in [-0.3, -0.25) is 4.90 Å². The first-order valence-corrected chi connectivity index (χ1v) is 6.66. The lowest BCUT2D eigenvalue weighted by molar-refractivity contribution is 0.0718. The predicted octanol–water partition coefficient (Wildman–Crippen LogP) is 1.61. The Kier molecular flexibility index (Phi) is 3.88. The molecule has 2 rings (SSSR count). The van der Waals surface area contributed by atoms with E-state index in [4.69, 9.17) is 10.5 Å². The van der Waals surface area contributed by atoms with Crippen LogP contribution in [-0.2, 0) is 4.74 Å². The van der Waals surface area contributed by atoms with Gasteiger partial charge in [-0.25, -0.2) is 0 Å². The van der Waals surface area contributed by atoms with Gasteiger partial charge in [0.2, 0.25) is 0 Å². The molecule has 0 aromatic rings. The van der Waals surface area contributed by atoms with E-state index < -0.39 is 0 Å². The number of nitrogens with zero attached hydrogens (tertiary/aromatic N) is 1. The Hall–Kier alpha value is -0.120. The maximum atomic E-state index is 6.30. The molecule has 0 amide bonds. The van der Waals surface area contributed by atoms with Crippen molar-refractivity contribution in [3.05, 3.63) is 0 Å². The first-order chi connectivity index (χ1) is 7.58. The molecule has 1 saturated carbocycles. The summed E-state index contributed by atoms with van der Waals surface area (Å²) in [7, 11) is 0. The molecule has 2 unspecified atom stereocenters. The Balaban J connectivity index is 1.99. The Morgan fingerprint density at radius 2 is 2.06 bits per heavy atom. The Bertz CT molecular complexity index is 222. The van der Waals surface area contributed by atoms with Crippen molar-refractivity contribution in [2.75, 3.05) is 26.3 Å². The molecule has 0 spiro atoms. The van der Waals surface area contributed by atoms with E-state index in [1.807, 2.05) is 0 Å². The second kappa shape index (κ2) is 5.03. The monoisotopic (exact) mass is 226 g/mol. The molecular weight excluding hydrogens is 200 g/mol. The molecule has 1 aliphatic heterocycles. The number of ether oxygens (including phenoxy) is 1. The summed E-state index contributed by atoms with van der Waals surface area (Å²) in [5.74, 6) is 0. The molecule has 0 radical (unpaired) electrons. The maximum absolute atomic E-state index is 6.30. The first-order valence-electron chi connectivity index (χ1n) is 6.66. The van der Waals surface area contributed by atoms with Gasteiger partial charge in [0.1, 0.15) is 0 Å². The molecule has 0 bridgehead atoms. The van der Waals surface area contributed by atoms with E-state index in [9.17, 15) is 0 Å². The second-order valence-electron chi connectivity index (χ2n) is 6.14. The van der Waals surface area contributed by atoms with Gasteiger partial charge in [-0.2, -0.15) is 0 Å². The molecule has 1 aliphatic carbocycles. The van der Waals surface area contributed by atoms with Crippen LogP contribution in [0.5, 0.6) is 0 Å². The third-order valence-electron chi connectivity index (χ3n) is 4.14. The largest absolute Gasteiger partial charge is 0.380 e. The van der Waals surface area contributed by atoms with E-state index in [1.165, 1.54) is 19.3 Å². The van der Waals surface area contributed by atoms with Crippen LogP contribution in [0.4, 0.5) is 0 Å². The zero-order valence-electron chi connectivity index (χ0n) is 10.7. The lowest BCUT2D eigenvalue weighted by Crippen LogP contribution is -2.53. The van der Waals surface area contributed by atoms with Gasteiger partial charge < -0.3 is 10.5 Å². The van der Waals surface area contributed by atoms with Crippen molar-refractivity contribution in [2.24, 2.45) is 11.1 Å². The van der Waals surface area contributed by atoms with Crippen molar-refractivity contribution in [1.29, 1.82) is 0 Å². The average molecular weight is 226 g/mol. The summed E-state index contributed by atoms with van der Waals surface area (Å²) in [5, 5.41) is 0. The van der Waals surface area contributed by atoms with Gasteiger partial charge >= 0.3 is 0 Å². The molecule has 2 aliphatic rings. The fourth-order valence-corrected chi connectivity index (χ4v) is 3.07. The van der Waals surface area contributed by atoms with Crippen LogP contribution in [0.15, 0.2) is 0 Å². The topological polar surface area (TPSA) is 38.5 Å². The Morgan fingerprint density at radius 1 is 1.25 bits per heavy atom. The molecule has 94 valence electrons. The van der Waals surface area contributed by atoms with Crippen LogP contribution in [-0.4, -0.2) is 43.3 Å². The van der Waals surface area contributed by atoms with Crippen LogP contribution in [0, 0.1) is 5.41 Å². The van der Waals surface area contributed by atoms with Crippen LogP contribution < -0.4 is 5.73 Å². The lowest BCUT2D eigenvalue weighted by Gasteiger charge is -2.44. The highest BCUT2D eigenvalue weighted by Crippen LogP contribution is 2.36. The van der Waals surface area contributed by atoms with E-state index in [2.05, 4.69) is 18.7 Å². The summed E-state index contributed by atoms with van der Waals surface area (Å²) in [4.78, 5) is 2.57. The zero-order valence-corrected chi connectivity index (χ0v) is 10.7. The molecule has 3 nitrogen and oxygen atoms in total. The normalized spacial score (nSPS) is 36.9. The fraction of sp³-hybridized carbons (Fsp3) is 1.00. The molecule has 2 atom stereocenters. The van der Waals surface area contributed by atoms with E-state index >= 15 is 0 Å². The molecule has 1 heterocycles. The van der Waals surface area contributed by atoms with E-state index in [1.54, 1.807) is 0 Å². The number of hydrogen-bond donors (Lipinski definition) is 1. The number of nitrogens with two attached hydrogens (primary N) is 1. The second-order valence-corrected chi connectivity index (χ2v) is 6.14. The summed E-state index contributed by atoms with van der Waals surface area (Å²) in [5.41, 5.74) is 6.77. The maximum Gasteiger partial charge on any atom is 0.0593 e. The van der Waals surface area contributed by atoms with Gasteiger partial charge in [0.05, 0.1) is 6.61 Å². The van der Waals surface area contributed by atoms with Crippen LogP contribution in [0.1, 0.15) is 39.5 Å². The third kappa shape index (κ3) is 2.96. The first kappa shape index (κ1) is 12.3.